The van der Waals surface area contributed by atoms with E-state index in [1.165, 1.54) is 36.5 Å². The molecule has 0 radical (unpaired) electrons. The van der Waals surface area contributed by atoms with Gasteiger partial charge < -0.3 is 8.98 Å². The fourth-order valence-corrected chi connectivity index (χ4v) is 9.58. The predicted octanol–water partition coefficient (Wildman–Crippen LogP) is 13.4. The molecular weight excluding hydrogens is 693 g/mol. The number of rotatable bonds is 4. The van der Waals surface area contributed by atoms with E-state index in [2.05, 4.69) is 102 Å². The Balaban J connectivity index is 1.19. The van der Waals surface area contributed by atoms with Crippen molar-refractivity contribution in [2.75, 3.05) is 0 Å². The van der Waals surface area contributed by atoms with E-state index >= 15 is 0 Å². The number of para-hydroxylation sites is 1. The number of nitrogens with zero attached hydrogens (tertiary/aromatic N) is 4. The first-order valence-corrected chi connectivity index (χ1v) is 19.2. The van der Waals surface area contributed by atoms with E-state index in [0.29, 0.717) is 17.5 Å². The highest BCUT2D eigenvalue weighted by Gasteiger charge is 2.23. The van der Waals surface area contributed by atoms with E-state index in [4.69, 9.17) is 19.4 Å². The fourth-order valence-electron chi connectivity index (χ4n) is 8.46. The van der Waals surface area contributed by atoms with Gasteiger partial charge in [0.25, 0.3) is 0 Å². The van der Waals surface area contributed by atoms with Gasteiger partial charge in [0.1, 0.15) is 11.2 Å². The van der Waals surface area contributed by atoms with Crippen LogP contribution in [0.1, 0.15) is 0 Å². The molecule has 256 valence electrons. The first kappa shape index (κ1) is 30.3. The molecule has 0 atom stereocenters. The summed E-state index contributed by atoms with van der Waals surface area (Å²) in [6.45, 7) is 0. The third-order valence-corrected chi connectivity index (χ3v) is 12.0. The molecule has 0 aliphatic rings. The zero-order valence-electron chi connectivity index (χ0n) is 29.3. The van der Waals surface area contributed by atoms with Crippen LogP contribution in [0.2, 0.25) is 0 Å². The molecule has 55 heavy (non-hydrogen) atoms. The average molecular weight is 721 g/mol. The van der Waals surface area contributed by atoms with Gasteiger partial charge in [0.15, 0.2) is 17.5 Å². The Kier molecular flexibility index (Phi) is 6.44. The predicted molar refractivity (Wildman–Crippen MR) is 228 cm³/mol. The molecule has 0 aliphatic heterocycles. The topological polar surface area (TPSA) is 56.7 Å². The van der Waals surface area contributed by atoms with Crippen LogP contribution in [0.5, 0.6) is 0 Å². The van der Waals surface area contributed by atoms with Crippen LogP contribution in [-0.4, -0.2) is 19.5 Å². The first-order chi connectivity index (χ1) is 27.3. The van der Waals surface area contributed by atoms with Crippen molar-refractivity contribution in [2.24, 2.45) is 0 Å². The zero-order chi connectivity index (χ0) is 36.0. The molecule has 0 amide bonds. The smallest absolute Gasteiger partial charge is 0.164 e. The molecule has 0 unspecified atom stereocenters. The highest BCUT2D eigenvalue weighted by atomic mass is 32.1. The van der Waals surface area contributed by atoms with E-state index < -0.39 is 0 Å². The summed E-state index contributed by atoms with van der Waals surface area (Å²) in [7, 11) is 0. The monoisotopic (exact) mass is 720 g/mol. The zero-order valence-corrected chi connectivity index (χ0v) is 30.1. The molecule has 0 saturated carbocycles. The lowest BCUT2D eigenvalue weighted by atomic mass is 10.0. The minimum Gasteiger partial charge on any atom is -0.455 e. The Morgan fingerprint density at radius 1 is 0.418 bits per heavy atom. The maximum absolute atomic E-state index is 6.82. The second-order valence-corrected chi connectivity index (χ2v) is 15.0. The van der Waals surface area contributed by atoms with Gasteiger partial charge in [-0.15, -0.1) is 11.3 Å². The second kappa shape index (κ2) is 11.7. The van der Waals surface area contributed by atoms with Crippen molar-refractivity contribution in [3.05, 3.63) is 170 Å². The summed E-state index contributed by atoms with van der Waals surface area (Å²) >= 11 is 1.86. The fraction of sp³-hybridized carbons (Fsp3) is 0. The normalized spacial score (nSPS) is 12.0. The molecule has 12 aromatic rings. The maximum Gasteiger partial charge on any atom is 0.164 e. The number of thiophene rings is 1. The van der Waals surface area contributed by atoms with E-state index in [9.17, 15) is 0 Å². The summed E-state index contributed by atoms with van der Waals surface area (Å²) in [4.78, 5) is 15.2. The molecule has 0 saturated heterocycles. The number of hydrogen-bond acceptors (Lipinski definition) is 5. The number of aromatic nitrogens is 4. The Morgan fingerprint density at radius 2 is 1.05 bits per heavy atom. The quantitative estimate of drug-likeness (QED) is 0.182. The molecular formula is C49H28N4OS. The summed E-state index contributed by atoms with van der Waals surface area (Å²) in [6, 6.07) is 59.5. The van der Waals surface area contributed by atoms with E-state index in [1.807, 2.05) is 84.1 Å². The molecule has 0 fully saturated rings. The SMILES string of the molecule is c1ccc(-c2nc(-c3ccccc3)nc(-c3cccc4oc5c6ccccc6c(-n6c7ccccc7c7c8c(ccc76)sc6ccccc68)cc5c34)n2)cc1. The summed E-state index contributed by atoms with van der Waals surface area (Å²) < 4.78 is 11.9. The van der Waals surface area contributed by atoms with Crippen molar-refractivity contribution in [1.29, 1.82) is 0 Å². The van der Waals surface area contributed by atoms with Gasteiger partial charge in [0.2, 0.25) is 0 Å². The molecule has 0 bridgehead atoms. The van der Waals surface area contributed by atoms with Gasteiger partial charge >= 0.3 is 0 Å². The molecule has 0 N–H and O–H groups in total. The minimum atomic E-state index is 0.597. The molecule has 6 heteroatoms. The Bertz CT molecular complexity index is 3430. The number of furan rings is 1. The molecule has 8 aromatic carbocycles. The third-order valence-electron chi connectivity index (χ3n) is 10.8. The van der Waals surface area contributed by atoms with Crippen LogP contribution < -0.4 is 0 Å². The van der Waals surface area contributed by atoms with E-state index in [1.54, 1.807) is 0 Å². The highest BCUT2D eigenvalue weighted by molar-refractivity contribution is 7.26. The Hall–Kier alpha value is -7.15. The van der Waals surface area contributed by atoms with Crippen molar-refractivity contribution < 1.29 is 4.42 Å². The van der Waals surface area contributed by atoms with Crippen molar-refractivity contribution >= 4 is 86.0 Å². The lowest BCUT2D eigenvalue weighted by Gasteiger charge is -2.13. The lowest BCUT2D eigenvalue weighted by molar-refractivity contribution is 0.672. The summed E-state index contributed by atoms with van der Waals surface area (Å²) in [6.07, 6.45) is 0. The van der Waals surface area contributed by atoms with E-state index in [-0.39, 0.29) is 0 Å². The maximum atomic E-state index is 6.82. The van der Waals surface area contributed by atoms with Gasteiger partial charge in [0, 0.05) is 69.2 Å². The average Bonchev–Trinajstić information content (AvgIpc) is 3.93. The number of benzene rings is 8. The van der Waals surface area contributed by atoms with Gasteiger partial charge in [-0.1, -0.05) is 133 Å². The van der Waals surface area contributed by atoms with Crippen molar-refractivity contribution in [3.8, 4) is 39.9 Å². The molecule has 4 aromatic heterocycles. The molecule has 5 nitrogen and oxygen atoms in total. The standard InChI is InChI=1S/C49H28N4OS/c1-3-14-29(15-4-1)47-50-48(30-16-5-2-6-17-30)52-49(51-47)35-22-13-24-40-43(35)36-28-39(31-18-7-8-19-32(31)46(36)54-40)53-37-23-11-9-20-33(37)44-38(53)26-27-42-45(44)34-21-10-12-25-41(34)55-42/h1-28H. The van der Waals surface area contributed by atoms with E-state index in [0.717, 1.165) is 60.6 Å². The summed E-state index contributed by atoms with van der Waals surface area (Å²) in [5, 5.41) is 9.27. The van der Waals surface area contributed by atoms with Crippen LogP contribution in [0, 0.1) is 0 Å². The number of hydrogen-bond donors (Lipinski definition) is 0. The molecule has 12 rings (SSSR count). The molecule has 4 heterocycles. The molecule has 0 spiro atoms. The number of fused-ring (bicyclic) bond motifs is 12. The largest absolute Gasteiger partial charge is 0.455 e. The summed E-state index contributed by atoms with van der Waals surface area (Å²) in [5.41, 5.74) is 7.81. The Labute approximate surface area is 318 Å². The van der Waals surface area contributed by atoms with Crippen LogP contribution >= 0.6 is 11.3 Å². The lowest BCUT2D eigenvalue weighted by Crippen LogP contribution is -2.00. The van der Waals surface area contributed by atoms with Crippen molar-refractivity contribution in [3.63, 3.8) is 0 Å². The van der Waals surface area contributed by atoms with Crippen LogP contribution in [0.4, 0.5) is 0 Å². The third kappa shape index (κ3) is 4.49. The van der Waals surface area contributed by atoms with Gasteiger partial charge in [-0.05, 0) is 36.4 Å². The Morgan fingerprint density at radius 3 is 1.82 bits per heavy atom. The van der Waals surface area contributed by atoms with Gasteiger partial charge in [0.05, 0.1) is 16.7 Å². The highest BCUT2D eigenvalue weighted by Crippen LogP contribution is 2.46. The minimum absolute atomic E-state index is 0.597. The summed E-state index contributed by atoms with van der Waals surface area (Å²) in [5.74, 6) is 1.84. The first-order valence-electron chi connectivity index (χ1n) is 18.4. The van der Waals surface area contributed by atoms with Crippen LogP contribution in [0.15, 0.2) is 174 Å². The van der Waals surface area contributed by atoms with Crippen molar-refractivity contribution in [2.45, 2.75) is 0 Å². The van der Waals surface area contributed by atoms with Crippen LogP contribution in [0.3, 0.4) is 0 Å². The van der Waals surface area contributed by atoms with Gasteiger partial charge in [-0.3, -0.25) is 0 Å². The van der Waals surface area contributed by atoms with Crippen LogP contribution in [-0.2, 0) is 0 Å². The van der Waals surface area contributed by atoms with Crippen LogP contribution in [0.25, 0.3) is 115 Å². The second-order valence-electron chi connectivity index (χ2n) is 13.9. The van der Waals surface area contributed by atoms with Gasteiger partial charge in [-0.2, -0.15) is 0 Å². The van der Waals surface area contributed by atoms with Crippen molar-refractivity contribution in [1.82, 2.24) is 19.5 Å². The molecule has 0 aliphatic carbocycles. The van der Waals surface area contributed by atoms with Gasteiger partial charge in [-0.25, -0.2) is 15.0 Å².